The minimum absolute atomic E-state index is 0.0323. The molecule has 1 aliphatic rings. The Morgan fingerprint density at radius 1 is 0.837 bits per heavy atom. The average Bonchev–Trinajstić information content (AvgIpc) is 3.26. The summed E-state index contributed by atoms with van der Waals surface area (Å²) in [5.74, 6) is -1.20. The summed E-state index contributed by atoms with van der Waals surface area (Å²) in [5.41, 5.74) is 0. The van der Waals surface area contributed by atoms with E-state index in [0.717, 1.165) is 64.2 Å². The zero-order chi connectivity index (χ0) is 31.7. The van der Waals surface area contributed by atoms with Gasteiger partial charge >= 0.3 is 11.9 Å². The van der Waals surface area contributed by atoms with Gasteiger partial charge in [0.2, 0.25) is 0 Å². The molecule has 0 amide bonds. The van der Waals surface area contributed by atoms with Gasteiger partial charge in [0, 0.05) is 25.2 Å². The predicted molar refractivity (Wildman–Crippen MR) is 169 cm³/mol. The molecule has 1 aliphatic carbocycles. The van der Waals surface area contributed by atoms with E-state index in [2.05, 4.69) is 13.8 Å². The molecule has 0 heterocycles. The van der Waals surface area contributed by atoms with Crippen LogP contribution in [0.15, 0.2) is 12.2 Å². The number of hydrogen-bond acceptors (Lipinski definition) is 8. The number of carbonyl (C=O) groups excluding carboxylic acids is 3. The summed E-state index contributed by atoms with van der Waals surface area (Å²) in [5, 5.41) is 30.1. The van der Waals surface area contributed by atoms with Crippen LogP contribution in [0.1, 0.15) is 149 Å². The highest BCUT2D eigenvalue weighted by Gasteiger charge is 2.39. The van der Waals surface area contributed by atoms with Crippen LogP contribution < -0.4 is 0 Å². The van der Waals surface area contributed by atoms with E-state index >= 15 is 0 Å². The van der Waals surface area contributed by atoms with Crippen molar-refractivity contribution >= 4 is 17.7 Å². The lowest BCUT2D eigenvalue weighted by Crippen LogP contribution is -2.28. The van der Waals surface area contributed by atoms with Gasteiger partial charge in [0.25, 0.3) is 0 Å². The molecule has 0 aromatic rings. The molecule has 43 heavy (non-hydrogen) atoms. The number of aliphatic hydroxyl groups is 3. The Morgan fingerprint density at radius 3 is 2.02 bits per heavy atom. The van der Waals surface area contributed by atoms with Crippen LogP contribution in [0.2, 0.25) is 0 Å². The first-order valence-electron chi connectivity index (χ1n) is 17.3. The maximum absolute atomic E-state index is 12.4. The van der Waals surface area contributed by atoms with Crippen LogP contribution in [0.4, 0.5) is 0 Å². The number of aliphatic hydroxyl groups excluding tert-OH is 3. The number of ether oxygens (including phenoxy) is 2. The maximum Gasteiger partial charge on any atom is 0.306 e. The number of Topliss-reactive ketones (excluding diaryl/α,β-unsaturated/α-hetero) is 1. The molecule has 5 atom stereocenters. The number of esters is 2. The molecule has 0 bridgehead atoms. The lowest BCUT2D eigenvalue weighted by atomic mass is 9.88. The molecule has 0 unspecified atom stereocenters. The van der Waals surface area contributed by atoms with E-state index in [4.69, 9.17) is 9.47 Å². The molecule has 1 rings (SSSR count). The van der Waals surface area contributed by atoms with Crippen LogP contribution in [0.3, 0.4) is 0 Å². The van der Waals surface area contributed by atoms with Crippen molar-refractivity contribution in [3.8, 4) is 0 Å². The Bertz CT molecular complexity index is 767. The van der Waals surface area contributed by atoms with Gasteiger partial charge in [0.1, 0.15) is 12.4 Å². The van der Waals surface area contributed by atoms with Crippen LogP contribution in [0, 0.1) is 11.8 Å². The molecule has 0 aliphatic heterocycles. The summed E-state index contributed by atoms with van der Waals surface area (Å²) in [6, 6.07) is 0. The monoisotopic (exact) mass is 610 g/mol. The van der Waals surface area contributed by atoms with Crippen molar-refractivity contribution in [2.45, 2.75) is 167 Å². The molecule has 0 saturated heterocycles. The fourth-order valence-electron chi connectivity index (χ4n) is 5.75. The van der Waals surface area contributed by atoms with E-state index < -0.39 is 30.9 Å². The molecule has 250 valence electrons. The Kier molecular flexibility index (Phi) is 23.3. The van der Waals surface area contributed by atoms with Gasteiger partial charge in [0.05, 0.1) is 18.8 Å². The first-order chi connectivity index (χ1) is 20.8. The molecule has 0 aromatic carbocycles. The van der Waals surface area contributed by atoms with Crippen LogP contribution in [0.25, 0.3) is 0 Å². The van der Waals surface area contributed by atoms with E-state index in [9.17, 15) is 29.7 Å². The van der Waals surface area contributed by atoms with Crippen LogP contribution in [-0.4, -0.2) is 64.6 Å². The van der Waals surface area contributed by atoms with Crippen molar-refractivity contribution < 1.29 is 39.2 Å². The summed E-state index contributed by atoms with van der Waals surface area (Å²) in [4.78, 5) is 36.6. The fourth-order valence-corrected chi connectivity index (χ4v) is 5.75. The lowest BCUT2D eigenvalue weighted by Gasteiger charge is -2.19. The van der Waals surface area contributed by atoms with Crippen molar-refractivity contribution in [3.63, 3.8) is 0 Å². The molecule has 0 aromatic heterocycles. The highest BCUT2D eigenvalue weighted by molar-refractivity contribution is 5.86. The molecular formula is C35H62O8. The van der Waals surface area contributed by atoms with Crippen LogP contribution >= 0.6 is 0 Å². The Morgan fingerprint density at radius 2 is 1.40 bits per heavy atom. The van der Waals surface area contributed by atoms with Crippen molar-refractivity contribution in [2.75, 3.05) is 13.2 Å². The first-order valence-corrected chi connectivity index (χ1v) is 17.3. The van der Waals surface area contributed by atoms with E-state index in [1.807, 2.05) is 0 Å². The highest BCUT2D eigenvalue weighted by Crippen LogP contribution is 2.34. The minimum Gasteiger partial charge on any atom is -0.462 e. The molecule has 1 fully saturated rings. The normalized spacial score (nSPS) is 20.0. The number of carbonyl (C=O) groups is 3. The summed E-state index contributed by atoms with van der Waals surface area (Å²) in [7, 11) is 0. The number of unbranched alkanes of at least 4 members (excludes halogenated alkanes) is 13. The maximum atomic E-state index is 12.4. The number of allylic oxidation sites excluding steroid dienone is 1. The quantitative estimate of drug-likeness (QED) is 0.0528. The number of ketones is 1. The predicted octanol–water partition coefficient (Wildman–Crippen LogP) is 6.76. The van der Waals surface area contributed by atoms with Gasteiger partial charge in [-0.1, -0.05) is 116 Å². The molecule has 0 radical (unpaired) electrons. The van der Waals surface area contributed by atoms with Gasteiger partial charge in [0.15, 0.2) is 6.10 Å². The summed E-state index contributed by atoms with van der Waals surface area (Å²) in [6.45, 7) is 3.80. The van der Waals surface area contributed by atoms with Crippen molar-refractivity contribution in [1.82, 2.24) is 0 Å². The second-order valence-electron chi connectivity index (χ2n) is 12.4. The van der Waals surface area contributed by atoms with Crippen molar-refractivity contribution in [3.05, 3.63) is 12.2 Å². The third-order valence-corrected chi connectivity index (χ3v) is 8.47. The highest BCUT2D eigenvalue weighted by atomic mass is 16.6. The van der Waals surface area contributed by atoms with Crippen LogP contribution in [0.5, 0.6) is 0 Å². The topological polar surface area (TPSA) is 130 Å². The smallest absolute Gasteiger partial charge is 0.306 e. The molecule has 3 N–H and O–H groups in total. The molecular weight excluding hydrogens is 548 g/mol. The SMILES string of the molecule is CCCCCCCCCCCC(=O)OC[C@H](CO)OC(=O)CCCCCC[C@H]1[C@@H](O)CC(=O)[C@@H]1/C=C/[C@@H](O)CCCCC. The van der Waals surface area contributed by atoms with Crippen molar-refractivity contribution in [2.24, 2.45) is 11.8 Å². The third-order valence-electron chi connectivity index (χ3n) is 8.47. The summed E-state index contributed by atoms with van der Waals surface area (Å²) in [6.07, 6.45) is 20.4. The zero-order valence-corrected chi connectivity index (χ0v) is 27.2. The largest absolute Gasteiger partial charge is 0.462 e. The lowest BCUT2D eigenvalue weighted by molar-refractivity contribution is -0.161. The Labute approximate surface area is 261 Å². The number of rotatable bonds is 27. The summed E-state index contributed by atoms with van der Waals surface area (Å²) < 4.78 is 10.5. The standard InChI is InChI=1S/C35H62O8/c1-3-5-7-8-9-10-11-12-17-21-34(40)42-27-29(26-36)43-35(41)22-18-14-13-16-20-30-31(33(39)25-32(30)38)24-23-28(37)19-15-6-4-2/h23-24,28-32,36-38H,3-22,25-27H2,1-2H3/b24-23+/t28-,29-,30+,31+,32-/m0/s1. The average molecular weight is 611 g/mol. The van der Waals surface area contributed by atoms with E-state index in [0.29, 0.717) is 19.3 Å². The van der Waals surface area contributed by atoms with Crippen LogP contribution in [-0.2, 0) is 23.9 Å². The van der Waals surface area contributed by atoms with Gasteiger partial charge in [-0.2, -0.15) is 0 Å². The van der Waals surface area contributed by atoms with Gasteiger partial charge < -0.3 is 24.8 Å². The van der Waals surface area contributed by atoms with Gasteiger partial charge in [-0.15, -0.1) is 0 Å². The third kappa shape index (κ3) is 19.3. The van der Waals surface area contributed by atoms with E-state index in [-0.39, 0.29) is 43.0 Å². The molecule has 0 spiro atoms. The molecule has 1 saturated carbocycles. The molecule has 8 nitrogen and oxygen atoms in total. The second kappa shape index (κ2) is 25.5. The number of hydrogen-bond donors (Lipinski definition) is 3. The van der Waals surface area contributed by atoms with Gasteiger partial charge in [-0.05, 0) is 31.6 Å². The van der Waals surface area contributed by atoms with Gasteiger partial charge in [-0.25, -0.2) is 0 Å². The Balaban J connectivity index is 2.17. The summed E-state index contributed by atoms with van der Waals surface area (Å²) >= 11 is 0. The fraction of sp³-hybridized carbons (Fsp3) is 0.857. The minimum atomic E-state index is -0.851. The second-order valence-corrected chi connectivity index (χ2v) is 12.4. The van der Waals surface area contributed by atoms with E-state index in [1.54, 1.807) is 12.2 Å². The van der Waals surface area contributed by atoms with E-state index in [1.165, 1.54) is 38.5 Å². The van der Waals surface area contributed by atoms with Gasteiger partial charge in [-0.3, -0.25) is 14.4 Å². The molecule has 8 heteroatoms. The zero-order valence-electron chi connectivity index (χ0n) is 27.2. The first kappa shape index (κ1) is 39.3. The Hall–Kier alpha value is -1.77. The van der Waals surface area contributed by atoms with Crippen molar-refractivity contribution in [1.29, 1.82) is 0 Å².